The summed E-state index contributed by atoms with van der Waals surface area (Å²) >= 11 is 5.65. The first kappa shape index (κ1) is 14.8. The smallest absolute Gasteiger partial charge is 0.132 e. The van der Waals surface area contributed by atoms with Gasteiger partial charge in [0.1, 0.15) is 24.0 Å². The van der Waals surface area contributed by atoms with Crippen LogP contribution in [0.3, 0.4) is 0 Å². The normalized spacial score (nSPS) is 12.2. The van der Waals surface area contributed by atoms with Crippen LogP contribution in [0.2, 0.25) is 5.02 Å². The van der Waals surface area contributed by atoms with Crippen LogP contribution in [0.4, 0.5) is 8.78 Å². The molecule has 0 aliphatic carbocycles. The lowest BCUT2D eigenvalue weighted by atomic mass is 10.1. The predicted octanol–water partition coefficient (Wildman–Crippen LogP) is 4.25. The number of aliphatic hydroxyl groups is 1. The molecule has 0 radical (unpaired) electrons. The van der Waals surface area contributed by atoms with Gasteiger partial charge < -0.3 is 9.84 Å². The molecular weight excluding hydrogens is 286 g/mol. The maximum atomic E-state index is 13.6. The zero-order chi connectivity index (χ0) is 14.7. The third-order valence-corrected chi connectivity index (χ3v) is 3.07. The minimum Gasteiger partial charge on any atom is -0.489 e. The first-order chi connectivity index (χ1) is 9.47. The van der Waals surface area contributed by atoms with Crippen molar-refractivity contribution >= 4 is 11.6 Å². The summed E-state index contributed by atoms with van der Waals surface area (Å²) in [6, 6.07) is 8.39. The second-order valence-corrected chi connectivity index (χ2v) is 4.82. The van der Waals surface area contributed by atoms with E-state index in [0.29, 0.717) is 10.6 Å². The highest BCUT2D eigenvalue weighted by Crippen LogP contribution is 2.23. The number of hydrogen-bond acceptors (Lipinski definition) is 2. The molecule has 1 atom stereocenters. The molecule has 0 aliphatic rings. The summed E-state index contributed by atoms with van der Waals surface area (Å²) in [5.74, 6) is -0.770. The van der Waals surface area contributed by atoms with Crippen LogP contribution < -0.4 is 4.74 Å². The summed E-state index contributed by atoms with van der Waals surface area (Å²) in [5, 5.41) is 9.63. The Balaban J connectivity index is 2.09. The summed E-state index contributed by atoms with van der Waals surface area (Å²) in [4.78, 5) is 0. The molecular formula is C15H13ClF2O2. The summed E-state index contributed by atoms with van der Waals surface area (Å²) in [5.41, 5.74) is 0.518. The van der Waals surface area contributed by atoms with Crippen molar-refractivity contribution in [2.45, 2.75) is 19.6 Å². The Morgan fingerprint density at radius 1 is 1.15 bits per heavy atom. The predicted molar refractivity (Wildman–Crippen MR) is 72.8 cm³/mol. The lowest BCUT2D eigenvalue weighted by Crippen LogP contribution is -2.00. The van der Waals surface area contributed by atoms with Crippen molar-refractivity contribution in [2.75, 3.05) is 0 Å². The van der Waals surface area contributed by atoms with Gasteiger partial charge in [0.2, 0.25) is 0 Å². The summed E-state index contributed by atoms with van der Waals surface area (Å²) in [6.45, 7) is 1.44. The van der Waals surface area contributed by atoms with E-state index in [1.165, 1.54) is 31.2 Å². The van der Waals surface area contributed by atoms with E-state index >= 15 is 0 Å². The molecule has 2 aromatic rings. The van der Waals surface area contributed by atoms with Crippen molar-refractivity contribution in [3.05, 3.63) is 64.2 Å². The maximum absolute atomic E-state index is 13.6. The molecule has 0 saturated carbocycles. The van der Waals surface area contributed by atoms with Crippen LogP contribution >= 0.6 is 11.6 Å². The Hall–Kier alpha value is -1.65. The Morgan fingerprint density at radius 2 is 1.90 bits per heavy atom. The number of aliphatic hydroxyl groups excluding tert-OH is 1. The van der Waals surface area contributed by atoms with Crippen LogP contribution in [0.15, 0.2) is 36.4 Å². The minimum absolute atomic E-state index is 0.0313. The largest absolute Gasteiger partial charge is 0.489 e. The van der Waals surface area contributed by atoms with Crippen molar-refractivity contribution in [2.24, 2.45) is 0 Å². The van der Waals surface area contributed by atoms with Gasteiger partial charge in [-0.2, -0.15) is 0 Å². The van der Waals surface area contributed by atoms with E-state index in [9.17, 15) is 13.9 Å². The van der Waals surface area contributed by atoms with Crippen LogP contribution in [0.1, 0.15) is 24.2 Å². The zero-order valence-corrected chi connectivity index (χ0v) is 11.5. The van der Waals surface area contributed by atoms with E-state index in [0.717, 1.165) is 6.07 Å². The lowest BCUT2D eigenvalue weighted by Gasteiger charge is -2.10. The van der Waals surface area contributed by atoms with Crippen molar-refractivity contribution in [1.29, 1.82) is 0 Å². The van der Waals surface area contributed by atoms with Crippen LogP contribution in [-0.2, 0) is 6.61 Å². The van der Waals surface area contributed by atoms with Gasteiger partial charge in [-0.1, -0.05) is 17.7 Å². The highest BCUT2D eigenvalue weighted by atomic mass is 35.5. The average molecular weight is 299 g/mol. The van der Waals surface area contributed by atoms with Crippen LogP contribution in [0, 0.1) is 11.6 Å². The molecule has 0 fully saturated rings. The average Bonchev–Trinajstić information content (AvgIpc) is 2.37. The highest BCUT2D eigenvalue weighted by Gasteiger charge is 2.10. The van der Waals surface area contributed by atoms with E-state index < -0.39 is 17.7 Å². The first-order valence-corrected chi connectivity index (χ1v) is 6.39. The fraction of sp³-hybridized carbons (Fsp3) is 0.200. The summed E-state index contributed by atoms with van der Waals surface area (Å²) in [6.07, 6.45) is -0.891. The molecule has 0 bridgehead atoms. The second-order valence-electron chi connectivity index (χ2n) is 4.38. The fourth-order valence-corrected chi connectivity index (χ4v) is 1.90. The lowest BCUT2D eigenvalue weighted by molar-refractivity contribution is 0.194. The summed E-state index contributed by atoms with van der Waals surface area (Å²) < 4.78 is 32.5. The fourth-order valence-electron chi connectivity index (χ4n) is 1.74. The Morgan fingerprint density at radius 3 is 2.50 bits per heavy atom. The molecule has 1 N–H and O–H groups in total. The van der Waals surface area contributed by atoms with Crippen LogP contribution in [-0.4, -0.2) is 5.11 Å². The van der Waals surface area contributed by atoms with Gasteiger partial charge in [0.25, 0.3) is 0 Å². The SMILES string of the molecule is C[C@@H](O)c1ccc(OCc2ccc(Cl)cc2F)cc1F. The van der Waals surface area contributed by atoms with Crippen molar-refractivity contribution in [1.82, 2.24) is 0 Å². The molecule has 0 aliphatic heterocycles. The van der Waals surface area contributed by atoms with Gasteiger partial charge in [-0.15, -0.1) is 0 Å². The van der Waals surface area contributed by atoms with Crippen molar-refractivity contribution < 1.29 is 18.6 Å². The molecule has 5 heteroatoms. The van der Waals surface area contributed by atoms with E-state index in [1.807, 2.05) is 0 Å². The molecule has 2 aromatic carbocycles. The first-order valence-electron chi connectivity index (χ1n) is 6.01. The molecule has 0 saturated heterocycles. The number of benzene rings is 2. The molecule has 0 heterocycles. The minimum atomic E-state index is -0.891. The molecule has 2 nitrogen and oxygen atoms in total. The summed E-state index contributed by atoms with van der Waals surface area (Å²) in [7, 11) is 0. The van der Waals surface area contributed by atoms with Gasteiger partial charge >= 0.3 is 0 Å². The van der Waals surface area contributed by atoms with Gasteiger partial charge in [-0.05, 0) is 31.2 Å². The third kappa shape index (κ3) is 3.46. The van der Waals surface area contributed by atoms with E-state index in [2.05, 4.69) is 0 Å². The Kier molecular flexibility index (Phi) is 4.57. The molecule has 0 aromatic heterocycles. The van der Waals surface area contributed by atoms with Crippen LogP contribution in [0.5, 0.6) is 5.75 Å². The second kappa shape index (κ2) is 6.20. The highest BCUT2D eigenvalue weighted by molar-refractivity contribution is 6.30. The van der Waals surface area contributed by atoms with Gasteiger partial charge in [-0.25, -0.2) is 8.78 Å². The number of halogens is 3. The number of hydrogen-bond donors (Lipinski definition) is 1. The van der Waals surface area contributed by atoms with Crippen LogP contribution in [0.25, 0.3) is 0 Å². The zero-order valence-electron chi connectivity index (χ0n) is 10.7. The Labute approximate surface area is 120 Å². The third-order valence-electron chi connectivity index (χ3n) is 2.83. The molecule has 106 valence electrons. The van der Waals surface area contributed by atoms with E-state index in [1.54, 1.807) is 6.07 Å². The maximum Gasteiger partial charge on any atom is 0.132 e. The topological polar surface area (TPSA) is 29.5 Å². The molecule has 0 amide bonds. The standard InChI is InChI=1S/C15H13ClF2O2/c1-9(19)13-5-4-12(7-15(13)18)20-8-10-2-3-11(16)6-14(10)17/h2-7,9,19H,8H2,1H3/t9-/m1/s1. The monoisotopic (exact) mass is 298 g/mol. The van der Waals surface area contributed by atoms with Gasteiger partial charge in [0, 0.05) is 22.2 Å². The van der Waals surface area contributed by atoms with Gasteiger partial charge in [0.15, 0.2) is 0 Å². The molecule has 0 spiro atoms. The van der Waals surface area contributed by atoms with Crippen molar-refractivity contribution in [3.63, 3.8) is 0 Å². The number of rotatable bonds is 4. The quantitative estimate of drug-likeness (QED) is 0.914. The van der Waals surface area contributed by atoms with Gasteiger partial charge in [-0.3, -0.25) is 0 Å². The number of ether oxygens (including phenoxy) is 1. The van der Waals surface area contributed by atoms with E-state index in [4.69, 9.17) is 16.3 Å². The van der Waals surface area contributed by atoms with E-state index in [-0.39, 0.29) is 17.9 Å². The molecule has 2 rings (SSSR count). The molecule has 20 heavy (non-hydrogen) atoms. The molecule has 0 unspecified atom stereocenters. The van der Waals surface area contributed by atoms with Crippen molar-refractivity contribution in [3.8, 4) is 5.75 Å². The van der Waals surface area contributed by atoms with Gasteiger partial charge in [0.05, 0.1) is 6.10 Å². The Bertz CT molecular complexity index is 615.